The van der Waals surface area contributed by atoms with Crippen LogP contribution in [0.1, 0.15) is 5.56 Å². The SMILES string of the molecule is COC(=O)COc1ccc(NCc2cccnc2)cc1. The molecule has 0 aliphatic heterocycles. The fourth-order valence-corrected chi connectivity index (χ4v) is 1.58. The monoisotopic (exact) mass is 272 g/mol. The molecule has 0 atom stereocenters. The van der Waals surface area contributed by atoms with Crippen LogP contribution in [0.4, 0.5) is 5.69 Å². The normalized spacial score (nSPS) is 9.85. The van der Waals surface area contributed by atoms with Crippen molar-refractivity contribution in [3.8, 4) is 5.75 Å². The van der Waals surface area contributed by atoms with Gasteiger partial charge in [0.1, 0.15) is 5.75 Å². The molecule has 0 aliphatic rings. The Morgan fingerprint density at radius 2 is 2.05 bits per heavy atom. The first kappa shape index (κ1) is 13.9. The number of anilines is 1. The van der Waals surface area contributed by atoms with Gasteiger partial charge < -0.3 is 14.8 Å². The van der Waals surface area contributed by atoms with Gasteiger partial charge in [-0.2, -0.15) is 0 Å². The van der Waals surface area contributed by atoms with Crippen molar-refractivity contribution in [1.82, 2.24) is 4.98 Å². The van der Waals surface area contributed by atoms with Crippen molar-refractivity contribution in [2.75, 3.05) is 19.0 Å². The molecular weight excluding hydrogens is 256 g/mol. The first-order chi connectivity index (χ1) is 9.78. The average molecular weight is 272 g/mol. The Bertz CT molecular complexity index is 541. The number of carbonyl (C=O) groups is 1. The molecule has 0 fully saturated rings. The third kappa shape index (κ3) is 4.28. The molecule has 0 saturated carbocycles. The van der Waals surface area contributed by atoms with E-state index in [1.165, 1.54) is 7.11 Å². The summed E-state index contributed by atoms with van der Waals surface area (Å²) >= 11 is 0. The number of ether oxygens (including phenoxy) is 2. The third-order valence-corrected chi connectivity index (χ3v) is 2.66. The summed E-state index contributed by atoms with van der Waals surface area (Å²) in [4.78, 5) is 15.0. The zero-order valence-corrected chi connectivity index (χ0v) is 11.2. The minimum atomic E-state index is -0.399. The minimum Gasteiger partial charge on any atom is -0.482 e. The summed E-state index contributed by atoms with van der Waals surface area (Å²) in [6.07, 6.45) is 3.57. The summed E-state index contributed by atoms with van der Waals surface area (Å²) in [6, 6.07) is 11.3. The van der Waals surface area contributed by atoms with Crippen molar-refractivity contribution in [2.45, 2.75) is 6.54 Å². The summed E-state index contributed by atoms with van der Waals surface area (Å²) < 4.78 is 9.77. The molecule has 0 amide bonds. The maximum Gasteiger partial charge on any atom is 0.343 e. The summed E-state index contributed by atoms with van der Waals surface area (Å²) in [5.74, 6) is 0.228. The molecule has 20 heavy (non-hydrogen) atoms. The number of esters is 1. The Balaban J connectivity index is 1.84. The van der Waals surface area contributed by atoms with E-state index in [0.717, 1.165) is 11.3 Å². The van der Waals surface area contributed by atoms with Gasteiger partial charge in [0.15, 0.2) is 6.61 Å². The van der Waals surface area contributed by atoms with Crippen molar-refractivity contribution in [1.29, 1.82) is 0 Å². The van der Waals surface area contributed by atoms with Crippen LogP contribution < -0.4 is 10.1 Å². The second kappa shape index (κ2) is 7.13. The van der Waals surface area contributed by atoms with Gasteiger partial charge in [-0.1, -0.05) is 6.07 Å². The van der Waals surface area contributed by atoms with E-state index >= 15 is 0 Å². The molecule has 104 valence electrons. The largest absolute Gasteiger partial charge is 0.482 e. The highest BCUT2D eigenvalue weighted by Crippen LogP contribution is 2.16. The van der Waals surface area contributed by atoms with Gasteiger partial charge in [-0.25, -0.2) is 4.79 Å². The second-order valence-corrected chi connectivity index (χ2v) is 4.10. The van der Waals surface area contributed by atoms with E-state index in [1.54, 1.807) is 18.3 Å². The van der Waals surface area contributed by atoms with Crippen LogP contribution in [0.5, 0.6) is 5.75 Å². The van der Waals surface area contributed by atoms with Gasteiger partial charge in [-0.05, 0) is 35.9 Å². The number of benzene rings is 1. The van der Waals surface area contributed by atoms with E-state index in [9.17, 15) is 4.79 Å². The number of nitrogens with one attached hydrogen (secondary N) is 1. The number of pyridine rings is 1. The Labute approximate surface area is 117 Å². The van der Waals surface area contributed by atoms with E-state index in [4.69, 9.17) is 4.74 Å². The lowest BCUT2D eigenvalue weighted by molar-refractivity contribution is -0.142. The van der Waals surface area contributed by atoms with Crippen molar-refractivity contribution in [3.63, 3.8) is 0 Å². The Hall–Kier alpha value is -2.56. The topological polar surface area (TPSA) is 60.5 Å². The van der Waals surface area contributed by atoms with Crippen molar-refractivity contribution in [3.05, 3.63) is 54.4 Å². The van der Waals surface area contributed by atoms with E-state index in [1.807, 2.05) is 30.5 Å². The van der Waals surface area contributed by atoms with Crippen LogP contribution >= 0.6 is 0 Å². The molecule has 0 spiro atoms. The van der Waals surface area contributed by atoms with Gasteiger partial charge >= 0.3 is 5.97 Å². The molecule has 2 rings (SSSR count). The summed E-state index contributed by atoms with van der Waals surface area (Å²) in [5.41, 5.74) is 2.08. The number of nitrogens with zero attached hydrogens (tertiary/aromatic N) is 1. The van der Waals surface area contributed by atoms with E-state index in [0.29, 0.717) is 12.3 Å². The second-order valence-electron chi connectivity index (χ2n) is 4.10. The summed E-state index contributed by atoms with van der Waals surface area (Å²) in [7, 11) is 1.33. The maximum atomic E-state index is 10.9. The standard InChI is InChI=1S/C15H16N2O3/c1-19-15(18)11-20-14-6-4-13(5-7-14)17-10-12-3-2-8-16-9-12/h2-9,17H,10-11H2,1H3. The van der Waals surface area contributed by atoms with Gasteiger partial charge in [-0.3, -0.25) is 4.98 Å². The molecular formula is C15H16N2O3. The van der Waals surface area contributed by atoms with Crippen LogP contribution in [-0.4, -0.2) is 24.7 Å². The van der Waals surface area contributed by atoms with Crippen LogP contribution in [0.3, 0.4) is 0 Å². The number of rotatable bonds is 6. The number of carbonyl (C=O) groups excluding carboxylic acids is 1. The number of aromatic nitrogens is 1. The van der Waals surface area contributed by atoms with Crippen LogP contribution in [0.2, 0.25) is 0 Å². The number of methoxy groups -OCH3 is 1. The minimum absolute atomic E-state index is 0.0844. The molecule has 0 aliphatic carbocycles. The fourth-order valence-electron chi connectivity index (χ4n) is 1.58. The van der Waals surface area contributed by atoms with E-state index in [2.05, 4.69) is 15.0 Å². The van der Waals surface area contributed by atoms with Gasteiger partial charge in [0, 0.05) is 24.6 Å². The maximum absolute atomic E-state index is 10.9. The van der Waals surface area contributed by atoms with Crippen LogP contribution in [-0.2, 0) is 16.1 Å². The molecule has 1 aromatic carbocycles. The molecule has 1 aromatic heterocycles. The molecule has 2 aromatic rings. The highest BCUT2D eigenvalue weighted by Gasteiger charge is 2.01. The van der Waals surface area contributed by atoms with E-state index in [-0.39, 0.29) is 6.61 Å². The summed E-state index contributed by atoms with van der Waals surface area (Å²) in [6.45, 7) is 0.620. The summed E-state index contributed by atoms with van der Waals surface area (Å²) in [5, 5.41) is 3.28. The first-order valence-electron chi connectivity index (χ1n) is 6.20. The lowest BCUT2D eigenvalue weighted by atomic mass is 10.2. The average Bonchev–Trinajstić information content (AvgIpc) is 2.52. The van der Waals surface area contributed by atoms with Crippen molar-refractivity contribution >= 4 is 11.7 Å². The Kier molecular flexibility index (Phi) is 4.94. The molecule has 5 heteroatoms. The highest BCUT2D eigenvalue weighted by molar-refractivity contribution is 5.70. The predicted octanol–water partition coefficient (Wildman–Crippen LogP) is 2.25. The van der Waals surface area contributed by atoms with Crippen LogP contribution in [0, 0.1) is 0 Å². The van der Waals surface area contributed by atoms with Crippen molar-refractivity contribution in [2.24, 2.45) is 0 Å². The molecule has 1 N–H and O–H groups in total. The smallest absolute Gasteiger partial charge is 0.343 e. The van der Waals surface area contributed by atoms with Gasteiger partial charge in [-0.15, -0.1) is 0 Å². The van der Waals surface area contributed by atoms with Crippen molar-refractivity contribution < 1.29 is 14.3 Å². The highest BCUT2D eigenvalue weighted by atomic mass is 16.6. The molecule has 0 bridgehead atoms. The third-order valence-electron chi connectivity index (χ3n) is 2.66. The lowest BCUT2D eigenvalue weighted by Gasteiger charge is -2.08. The quantitative estimate of drug-likeness (QED) is 0.817. The first-order valence-corrected chi connectivity index (χ1v) is 6.20. The van der Waals surface area contributed by atoms with Gasteiger partial charge in [0.2, 0.25) is 0 Å². The number of hydrogen-bond donors (Lipinski definition) is 1. The van der Waals surface area contributed by atoms with E-state index < -0.39 is 5.97 Å². The van der Waals surface area contributed by atoms with Crippen LogP contribution in [0.15, 0.2) is 48.8 Å². The molecule has 5 nitrogen and oxygen atoms in total. The molecule has 1 heterocycles. The van der Waals surface area contributed by atoms with Crippen LogP contribution in [0.25, 0.3) is 0 Å². The molecule has 0 radical (unpaired) electrons. The lowest BCUT2D eigenvalue weighted by Crippen LogP contribution is -2.12. The fraction of sp³-hybridized carbons (Fsp3) is 0.200. The predicted molar refractivity (Wildman–Crippen MR) is 75.5 cm³/mol. The van der Waals surface area contributed by atoms with Gasteiger partial charge in [0.25, 0.3) is 0 Å². The molecule has 0 unspecified atom stereocenters. The Morgan fingerprint density at radius 1 is 1.25 bits per heavy atom. The number of hydrogen-bond acceptors (Lipinski definition) is 5. The van der Waals surface area contributed by atoms with Gasteiger partial charge in [0.05, 0.1) is 7.11 Å². The Morgan fingerprint density at radius 3 is 2.70 bits per heavy atom. The zero-order valence-electron chi connectivity index (χ0n) is 11.2. The molecule has 0 saturated heterocycles. The zero-order chi connectivity index (χ0) is 14.2.